The molecule has 2 heterocycles. The summed E-state index contributed by atoms with van der Waals surface area (Å²) in [6.07, 6.45) is -5.58. The maximum atomic E-state index is 12.1. The Morgan fingerprint density at radius 3 is 2.61 bits per heavy atom. The smallest absolute Gasteiger partial charge is 0.289 e. The number of halogens is 3. The van der Waals surface area contributed by atoms with Gasteiger partial charge in [-0.25, -0.2) is 0 Å². The number of nitrogens with zero attached hydrogens (tertiary/aromatic N) is 4. The molecule has 0 aliphatic rings. The van der Waals surface area contributed by atoms with E-state index in [1.165, 1.54) is 4.52 Å². The van der Waals surface area contributed by atoms with Crippen LogP contribution < -0.4 is 0 Å². The van der Waals surface area contributed by atoms with E-state index in [0.29, 0.717) is 10.8 Å². The first-order valence-corrected chi connectivity index (χ1v) is 5.91. The van der Waals surface area contributed by atoms with E-state index in [1.807, 2.05) is 13.8 Å². The highest BCUT2D eigenvalue weighted by molar-refractivity contribution is 7.16. The van der Waals surface area contributed by atoms with Gasteiger partial charge < -0.3 is 0 Å². The van der Waals surface area contributed by atoms with E-state index in [-0.39, 0.29) is 10.9 Å². The molecular formula is C9H9F3N4OS. The fourth-order valence-electron chi connectivity index (χ4n) is 1.34. The van der Waals surface area contributed by atoms with Crippen LogP contribution in [0.5, 0.6) is 0 Å². The molecule has 0 radical (unpaired) electrons. The number of carbonyl (C=O) groups is 1. The number of ketones is 1. The molecule has 0 saturated carbocycles. The summed E-state index contributed by atoms with van der Waals surface area (Å²) in [6.45, 7) is 3.74. The van der Waals surface area contributed by atoms with Gasteiger partial charge in [-0.05, 0) is 0 Å². The molecule has 0 amide bonds. The molecule has 0 bridgehead atoms. The zero-order valence-electron chi connectivity index (χ0n) is 9.52. The van der Waals surface area contributed by atoms with Crippen molar-refractivity contribution < 1.29 is 18.0 Å². The molecule has 9 heteroatoms. The first-order chi connectivity index (χ1) is 8.29. The number of fused-ring (bicyclic) bond motifs is 1. The second-order valence-corrected chi connectivity index (χ2v) is 5.04. The van der Waals surface area contributed by atoms with Gasteiger partial charge in [0.25, 0.3) is 0 Å². The van der Waals surface area contributed by atoms with Gasteiger partial charge in [-0.15, -0.1) is 10.2 Å². The molecule has 2 rings (SSSR count). The van der Waals surface area contributed by atoms with Crippen LogP contribution in [-0.4, -0.2) is 31.8 Å². The summed E-state index contributed by atoms with van der Waals surface area (Å²) < 4.78 is 37.7. The molecule has 0 atom stereocenters. The molecule has 2 aromatic heterocycles. The summed E-state index contributed by atoms with van der Waals surface area (Å²) in [5.41, 5.74) is 0. The SMILES string of the molecule is CC(C)c1nnc2sc(CC(=O)C(F)(F)F)nn12. The molecule has 0 spiro atoms. The number of rotatable bonds is 3. The van der Waals surface area contributed by atoms with Gasteiger partial charge in [0.15, 0.2) is 5.82 Å². The first kappa shape index (κ1) is 12.9. The summed E-state index contributed by atoms with van der Waals surface area (Å²) in [5.74, 6) is -1.20. The minimum Gasteiger partial charge on any atom is -0.289 e. The maximum Gasteiger partial charge on any atom is 0.450 e. The lowest BCUT2D eigenvalue weighted by atomic mass is 10.2. The van der Waals surface area contributed by atoms with E-state index in [0.717, 1.165) is 11.3 Å². The minimum absolute atomic E-state index is 0.0493. The molecule has 0 aliphatic heterocycles. The summed E-state index contributed by atoms with van der Waals surface area (Å²) in [7, 11) is 0. The van der Waals surface area contributed by atoms with Crippen molar-refractivity contribution in [3.63, 3.8) is 0 Å². The second-order valence-electron chi connectivity index (χ2n) is 4.00. The van der Waals surface area contributed by atoms with Crippen molar-refractivity contribution >= 4 is 22.1 Å². The minimum atomic E-state index is -4.83. The summed E-state index contributed by atoms with van der Waals surface area (Å²) in [5, 5.41) is 11.7. The highest BCUT2D eigenvalue weighted by atomic mass is 32.1. The van der Waals surface area contributed by atoms with Gasteiger partial charge in [0.1, 0.15) is 5.01 Å². The number of hydrogen-bond donors (Lipinski definition) is 0. The van der Waals surface area contributed by atoms with Crippen LogP contribution in [0.25, 0.3) is 4.96 Å². The highest BCUT2D eigenvalue weighted by Crippen LogP contribution is 2.22. The summed E-state index contributed by atoms with van der Waals surface area (Å²) in [4.78, 5) is 11.2. The molecule has 0 aliphatic carbocycles. The van der Waals surface area contributed by atoms with Crippen LogP contribution in [0.2, 0.25) is 0 Å². The Morgan fingerprint density at radius 1 is 1.39 bits per heavy atom. The Kier molecular flexibility index (Phi) is 3.09. The lowest BCUT2D eigenvalue weighted by Gasteiger charge is -2.02. The number of hydrogen-bond acceptors (Lipinski definition) is 5. The maximum absolute atomic E-state index is 12.1. The third-order valence-corrected chi connectivity index (χ3v) is 3.10. The predicted octanol–water partition coefficient (Wildman–Crippen LogP) is 1.98. The molecule has 0 saturated heterocycles. The van der Waals surface area contributed by atoms with E-state index < -0.39 is 18.4 Å². The number of Topliss-reactive ketones (excluding diaryl/α,β-unsaturated/α-hetero) is 1. The van der Waals surface area contributed by atoms with Crippen LogP contribution in [0.3, 0.4) is 0 Å². The van der Waals surface area contributed by atoms with E-state index in [2.05, 4.69) is 15.3 Å². The van der Waals surface area contributed by atoms with Crippen LogP contribution in [0.1, 0.15) is 30.6 Å². The van der Waals surface area contributed by atoms with E-state index >= 15 is 0 Å². The fraction of sp³-hybridized carbons (Fsp3) is 0.556. The third-order valence-electron chi connectivity index (χ3n) is 2.20. The van der Waals surface area contributed by atoms with Gasteiger partial charge in [0, 0.05) is 5.92 Å². The zero-order valence-corrected chi connectivity index (χ0v) is 10.3. The van der Waals surface area contributed by atoms with Gasteiger partial charge >= 0.3 is 6.18 Å². The Morgan fingerprint density at radius 2 is 2.06 bits per heavy atom. The summed E-state index contributed by atoms with van der Waals surface area (Å²) in [6, 6.07) is 0. The van der Waals surface area contributed by atoms with E-state index in [9.17, 15) is 18.0 Å². The van der Waals surface area contributed by atoms with E-state index in [1.54, 1.807) is 0 Å². The quantitative estimate of drug-likeness (QED) is 0.861. The molecule has 0 fully saturated rings. The Balaban J connectivity index is 2.29. The molecule has 98 valence electrons. The Labute approximate surface area is 104 Å². The van der Waals surface area contributed by atoms with Gasteiger partial charge in [0.2, 0.25) is 10.7 Å². The Hall–Kier alpha value is -1.51. The van der Waals surface area contributed by atoms with Crippen molar-refractivity contribution in [2.45, 2.75) is 32.4 Å². The molecular weight excluding hydrogens is 269 g/mol. The third kappa shape index (κ3) is 2.35. The summed E-state index contributed by atoms with van der Waals surface area (Å²) >= 11 is 0.937. The van der Waals surface area contributed by atoms with Crippen LogP contribution in [0, 0.1) is 0 Å². The molecule has 0 aromatic carbocycles. The molecule has 2 aromatic rings. The second kappa shape index (κ2) is 4.30. The zero-order chi connectivity index (χ0) is 13.5. The van der Waals surface area contributed by atoms with Crippen molar-refractivity contribution in [3.05, 3.63) is 10.8 Å². The monoisotopic (exact) mass is 278 g/mol. The largest absolute Gasteiger partial charge is 0.450 e. The lowest BCUT2D eigenvalue weighted by molar-refractivity contribution is -0.170. The van der Waals surface area contributed by atoms with Crippen molar-refractivity contribution in [2.75, 3.05) is 0 Å². The number of aromatic nitrogens is 4. The topological polar surface area (TPSA) is 60.2 Å². The van der Waals surface area contributed by atoms with Gasteiger partial charge in [-0.2, -0.15) is 22.8 Å². The van der Waals surface area contributed by atoms with Crippen molar-refractivity contribution in [1.29, 1.82) is 0 Å². The average Bonchev–Trinajstić information content (AvgIpc) is 2.74. The molecule has 0 N–H and O–H groups in total. The van der Waals surface area contributed by atoms with Crippen LogP contribution >= 0.6 is 11.3 Å². The van der Waals surface area contributed by atoms with Crippen LogP contribution in [0.4, 0.5) is 13.2 Å². The normalized spacial score (nSPS) is 12.6. The number of carbonyl (C=O) groups excluding carboxylic acids is 1. The van der Waals surface area contributed by atoms with E-state index in [4.69, 9.17) is 0 Å². The van der Waals surface area contributed by atoms with Gasteiger partial charge in [0.05, 0.1) is 6.42 Å². The lowest BCUT2D eigenvalue weighted by Crippen LogP contribution is -2.24. The van der Waals surface area contributed by atoms with Crippen molar-refractivity contribution in [2.24, 2.45) is 0 Å². The number of alkyl halides is 3. The predicted molar refractivity (Wildman–Crippen MR) is 57.5 cm³/mol. The van der Waals surface area contributed by atoms with Crippen molar-refractivity contribution in [3.8, 4) is 0 Å². The Bertz CT molecular complexity index is 586. The standard InChI is InChI=1S/C9H9F3N4OS/c1-4(2)7-13-14-8-16(7)15-6(18-8)3-5(17)9(10,11)12/h4H,3H2,1-2H3. The molecule has 5 nitrogen and oxygen atoms in total. The highest BCUT2D eigenvalue weighted by Gasteiger charge is 2.38. The van der Waals surface area contributed by atoms with Crippen LogP contribution in [-0.2, 0) is 11.2 Å². The average molecular weight is 278 g/mol. The van der Waals surface area contributed by atoms with Gasteiger partial charge in [-0.1, -0.05) is 25.2 Å². The van der Waals surface area contributed by atoms with Crippen molar-refractivity contribution in [1.82, 2.24) is 19.8 Å². The molecule has 0 unspecified atom stereocenters. The van der Waals surface area contributed by atoms with Crippen LogP contribution in [0.15, 0.2) is 0 Å². The first-order valence-electron chi connectivity index (χ1n) is 5.10. The van der Waals surface area contributed by atoms with Gasteiger partial charge in [-0.3, -0.25) is 4.79 Å². The fourth-order valence-corrected chi connectivity index (χ4v) is 2.18. The molecule has 18 heavy (non-hydrogen) atoms.